The number of amides is 2. The molecule has 1 unspecified atom stereocenters. The largest absolute Gasteiger partial charge is 0.370 e. The van der Waals surface area contributed by atoms with Gasteiger partial charge >= 0.3 is 6.03 Å². The van der Waals surface area contributed by atoms with Gasteiger partial charge in [0.15, 0.2) is 0 Å². The van der Waals surface area contributed by atoms with Crippen LogP contribution in [0.2, 0.25) is 0 Å². The van der Waals surface area contributed by atoms with Crippen molar-refractivity contribution in [3.05, 3.63) is 47.0 Å². The van der Waals surface area contributed by atoms with Gasteiger partial charge in [0.2, 0.25) is 0 Å². The number of hydrogen-bond acceptors (Lipinski definition) is 2. The van der Waals surface area contributed by atoms with Crippen molar-refractivity contribution in [1.29, 1.82) is 0 Å². The van der Waals surface area contributed by atoms with E-state index in [0.29, 0.717) is 26.2 Å². The highest BCUT2D eigenvalue weighted by Crippen LogP contribution is 2.21. The number of hydrogen-bond donors (Lipinski definition) is 1. The van der Waals surface area contributed by atoms with E-state index in [9.17, 15) is 4.79 Å². The van der Waals surface area contributed by atoms with Crippen LogP contribution in [0.1, 0.15) is 11.7 Å². The van der Waals surface area contributed by atoms with Crippen molar-refractivity contribution in [3.8, 4) is 0 Å². The minimum Gasteiger partial charge on any atom is -0.370 e. The molecular formula is C14H17BrN2O2. The predicted molar refractivity (Wildman–Crippen MR) is 78.2 cm³/mol. The average molecular weight is 325 g/mol. The standard InChI is InChI=1S/C14H17BrN2O2/c1-11(15)9-16-14(18)17-7-8-19-13(10-17)12-5-3-2-4-6-12/h2-6,13H,1,7-10H2,(H,16,18). The zero-order chi connectivity index (χ0) is 13.7. The lowest BCUT2D eigenvalue weighted by molar-refractivity contribution is -0.0153. The van der Waals surface area contributed by atoms with Gasteiger partial charge < -0.3 is 15.0 Å². The molecule has 0 saturated carbocycles. The molecule has 2 amide bonds. The number of ether oxygens (including phenoxy) is 1. The smallest absolute Gasteiger partial charge is 0.317 e. The van der Waals surface area contributed by atoms with Gasteiger partial charge in [0.05, 0.1) is 19.7 Å². The molecule has 0 bridgehead atoms. The van der Waals surface area contributed by atoms with Crippen LogP contribution in [-0.2, 0) is 4.74 Å². The summed E-state index contributed by atoms with van der Waals surface area (Å²) >= 11 is 3.22. The molecule has 102 valence electrons. The minimum absolute atomic E-state index is 0.0483. The van der Waals surface area contributed by atoms with Crippen molar-refractivity contribution in [1.82, 2.24) is 10.2 Å². The first-order valence-electron chi connectivity index (χ1n) is 6.19. The second kappa shape index (κ2) is 6.73. The Morgan fingerprint density at radius 2 is 2.21 bits per heavy atom. The van der Waals surface area contributed by atoms with Crippen molar-refractivity contribution in [2.24, 2.45) is 0 Å². The van der Waals surface area contributed by atoms with Crippen LogP contribution in [0.15, 0.2) is 41.4 Å². The van der Waals surface area contributed by atoms with Crippen molar-refractivity contribution in [2.45, 2.75) is 6.10 Å². The van der Waals surface area contributed by atoms with E-state index in [1.54, 1.807) is 4.90 Å². The topological polar surface area (TPSA) is 41.6 Å². The summed E-state index contributed by atoms with van der Waals surface area (Å²) in [5.74, 6) is 0. The molecule has 1 aliphatic rings. The molecule has 0 radical (unpaired) electrons. The highest BCUT2D eigenvalue weighted by molar-refractivity contribution is 9.11. The molecule has 0 spiro atoms. The van der Waals surface area contributed by atoms with E-state index in [0.717, 1.165) is 10.0 Å². The molecule has 1 heterocycles. The Balaban J connectivity index is 1.93. The van der Waals surface area contributed by atoms with E-state index >= 15 is 0 Å². The van der Waals surface area contributed by atoms with Gasteiger partial charge in [-0.1, -0.05) is 52.8 Å². The molecule has 0 aromatic heterocycles. The summed E-state index contributed by atoms with van der Waals surface area (Å²) in [6.45, 7) is 5.88. The molecule has 1 fully saturated rings. The number of morpholine rings is 1. The maximum atomic E-state index is 12.0. The summed E-state index contributed by atoms with van der Waals surface area (Å²) in [7, 11) is 0. The molecular weight excluding hydrogens is 308 g/mol. The Bertz CT molecular complexity index is 450. The van der Waals surface area contributed by atoms with Crippen LogP contribution < -0.4 is 5.32 Å². The zero-order valence-electron chi connectivity index (χ0n) is 10.6. The predicted octanol–water partition coefficient (Wildman–Crippen LogP) is 2.68. The van der Waals surface area contributed by atoms with Gasteiger partial charge in [0, 0.05) is 11.0 Å². The maximum Gasteiger partial charge on any atom is 0.317 e. The lowest BCUT2D eigenvalue weighted by Gasteiger charge is -2.33. The van der Waals surface area contributed by atoms with E-state index in [1.807, 2.05) is 30.3 Å². The molecule has 1 aromatic carbocycles. The highest BCUT2D eigenvalue weighted by atomic mass is 79.9. The number of halogens is 1. The van der Waals surface area contributed by atoms with Crippen LogP contribution in [0.25, 0.3) is 0 Å². The fourth-order valence-corrected chi connectivity index (χ4v) is 2.13. The second-order valence-electron chi connectivity index (χ2n) is 4.39. The second-order valence-corrected chi connectivity index (χ2v) is 5.51. The van der Waals surface area contributed by atoms with Crippen molar-refractivity contribution >= 4 is 22.0 Å². The van der Waals surface area contributed by atoms with Gasteiger partial charge in [-0.3, -0.25) is 0 Å². The highest BCUT2D eigenvalue weighted by Gasteiger charge is 2.24. The van der Waals surface area contributed by atoms with Crippen molar-refractivity contribution in [3.63, 3.8) is 0 Å². The van der Waals surface area contributed by atoms with Crippen LogP contribution in [-0.4, -0.2) is 37.2 Å². The number of rotatable bonds is 3. The normalized spacial score (nSPS) is 19.0. The Labute approximate surface area is 121 Å². The molecule has 0 aliphatic carbocycles. The quantitative estimate of drug-likeness (QED) is 0.928. The lowest BCUT2D eigenvalue weighted by atomic mass is 10.1. The number of nitrogens with zero attached hydrogens (tertiary/aromatic N) is 1. The van der Waals surface area contributed by atoms with Gasteiger partial charge in [-0.05, 0) is 5.56 Å². The number of carbonyl (C=O) groups excluding carboxylic acids is 1. The third kappa shape index (κ3) is 4.08. The van der Waals surface area contributed by atoms with Gasteiger partial charge in [0.1, 0.15) is 6.10 Å². The maximum absolute atomic E-state index is 12.0. The van der Waals surface area contributed by atoms with Crippen LogP contribution in [0.5, 0.6) is 0 Å². The third-order valence-electron chi connectivity index (χ3n) is 2.96. The first kappa shape index (κ1) is 14.1. The number of carbonyl (C=O) groups is 1. The third-order valence-corrected chi connectivity index (χ3v) is 3.24. The van der Waals surface area contributed by atoms with Gasteiger partial charge in [-0.15, -0.1) is 0 Å². The fourth-order valence-electron chi connectivity index (χ4n) is 1.99. The molecule has 1 atom stereocenters. The summed E-state index contributed by atoms with van der Waals surface area (Å²) in [5, 5.41) is 2.81. The SMILES string of the molecule is C=C(Br)CNC(=O)N1CCOC(c2ccccc2)C1. The van der Waals surface area contributed by atoms with Crippen LogP contribution in [0.3, 0.4) is 0 Å². The van der Waals surface area contributed by atoms with E-state index in [-0.39, 0.29) is 12.1 Å². The Morgan fingerprint density at radius 1 is 1.47 bits per heavy atom. The van der Waals surface area contributed by atoms with Crippen LogP contribution >= 0.6 is 15.9 Å². The molecule has 4 nitrogen and oxygen atoms in total. The van der Waals surface area contributed by atoms with E-state index in [2.05, 4.69) is 27.8 Å². The fraction of sp³-hybridized carbons (Fsp3) is 0.357. The van der Waals surface area contributed by atoms with E-state index in [4.69, 9.17) is 4.74 Å². The first-order chi connectivity index (χ1) is 9.16. The Morgan fingerprint density at radius 3 is 2.89 bits per heavy atom. The molecule has 1 aromatic rings. The number of urea groups is 1. The molecule has 1 N–H and O–H groups in total. The molecule has 2 rings (SSSR count). The van der Waals surface area contributed by atoms with E-state index in [1.165, 1.54) is 0 Å². The Hall–Kier alpha value is -1.33. The van der Waals surface area contributed by atoms with E-state index < -0.39 is 0 Å². The average Bonchev–Trinajstić information content (AvgIpc) is 2.46. The molecule has 1 aliphatic heterocycles. The monoisotopic (exact) mass is 324 g/mol. The van der Waals surface area contributed by atoms with Crippen molar-refractivity contribution in [2.75, 3.05) is 26.2 Å². The summed E-state index contributed by atoms with van der Waals surface area (Å²) < 4.78 is 6.48. The zero-order valence-corrected chi connectivity index (χ0v) is 12.2. The van der Waals surface area contributed by atoms with Gasteiger partial charge in [-0.2, -0.15) is 0 Å². The van der Waals surface area contributed by atoms with Crippen LogP contribution in [0, 0.1) is 0 Å². The molecule has 1 saturated heterocycles. The minimum atomic E-state index is -0.0789. The van der Waals surface area contributed by atoms with Gasteiger partial charge in [0.25, 0.3) is 0 Å². The summed E-state index contributed by atoms with van der Waals surface area (Å²) in [6.07, 6.45) is -0.0483. The number of nitrogens with one attached hydrogen (secondary N) is 1. The number of benzene rings is 1. The molecule has 19 heavy (non-hydrogen) atoms. The Kier molecular flexibility index (Phi) is 4.99. The lowest BCUT2D eigenvalue weighted by Crippen LogP contribution is -2.47. The van der Waals surface area contributed by atoms with Gasteiger partial charge in [-0.25, -0.2) is 4.79 Å². The summed E-state index contributed by atoms with van der Waals surface area (Å²) in [5.41, 5.74) is 1.10. The molecule has 5 heteroatoms. The van der Waals surface area contributed by atoms with Crippen molar-refractivity contribution < 1.29 is 9.53 Å². The summed E-state index contributed by atoms with van der Waals surface area (Å²) in [6, 6.07) is 9.89. The van der Waals surface area contributed by atoms with Crippen LogP contribution in [0.4, 0.5) is 4.79 Å². The first-order valence-corrected chi connectivity index (χ1v) is 6.98. The summed E-state index contributed by atoms with van der Waals surface area (Å²) in [4.78, 5) is 13.8.